The largest absolute Gasteiger partial charge is 0.381 e. The third-order valence-corrected chi connectivity index (χ3v) is 6.99. The summed E-state index contributed by atoms with van der Waals surface area (Å²) in [7, 11) is 0. The molecule has 0 amide bonds. The first-order valence-corrected chi connectivity index (χ1v) is 12.1. The van der Waals surface area contributed by atoms with E-state index < -0.39 is 12.0 Å². The van der Waals surface area contributed by atoms with Gasteiger partial charge >= 0.3 is 0 Å². The molecule has 0 aliphatic carbocycles. The van der Waals surface area contributed by atoms with Crippen molar-refractivity contribution in [3.63, 3.8) is 0 Å². The Morgan fingerprint density at radius 1 is 1.06 bits per heavy atom. The number of anilines is 1. The molecule has 5 rings (SSSR count). The topological polar surface area (TPSA) is 76.3 Å². The number of aryl methyl sites for hydroxylation is 2. The number of piperidine rings is 1. The van der Waals surface area contributed by atoms with Crippen LogP contribution < -0.4 is 10.2 Å². The summed E-state index contributed by atoms with van der Waals surface area (Å²) in [6.07, 6.45) is 2.73. The van der Waals surface area contributed by atoms with Crippen molar-refractivity contribution in [1.82, 2.24) is 20.4 Å². The number of hydrogen-bond donors (Lipinski definition) is 1. The molecule has 7 nitrogen and oxygen atoms in total. The Morgan fingerprint density at radius 3 is 2.41 bits per heavy atom. The Kier molecular flexibility index (Phi) is 6.48. The minimum Gasteiger partial charge on any atom is -0.381 e. The van der Waals surface area contributed by atoms with Crippen molar-refractivity contribution in [3.05, 3.63) is 34.9 Å². The van der Waals surface area contributed by atoms with E-state index in [1.165, 1.54) is 13.0 Å². The van der Waals surface area contributed by atoms with Gasteiger partial charge in [-0.15, -0.1) is 0 Å². The molecule has 2 aliphatic rings. The lowest BCUT2D eigenvalue weighted by atomic mass is 9.97. The summed E-state index contributed by atoms with van der Waals surface area (Å²) in [5, 5.41) is 8.30. The molecule has 182 valence electrons. The van der Waals surface area contributed by atoms with Gasteiger partial charge in [-0.05, 0) is 69.7 Å². The Bertz CT molecular complexity index is 1170. The number of hydrogen-bond acceptors (Lipinski definition) is 7. The van der Waals surface area contributed by atoms with E-state index in [2.05, 4.69) is 20.4 Å². The van der Waals surface area contributed by atoms with Crippen molar-refractivity contribution in [2.45, 2.75) is 64.7 Å². The summed E-state index contributed by atoms with van der Waals surface area (Å²) in [6.45, 7) is 8.23. The molecule has 0 bridgehead atoms. The third-order valence-electron chi connectivity index (χ3n) is 6.99. The van der Waals surface area contributed by atoms with Crippen LogP contribution in [0.25, 0.3) is 22.4 Å². The maximum absolute atomic E-state index is 15.1. The molecule has 2 saturated heterocycles. The molecule has 0 radical (unpaired) electrons. The first kappa shape index (κ1) is 23.1. The van der Waals surface area contributed by atoms with Crippen LogP contribution in [0.1, 0.15) is 55.7 Å². The lowest BCUT2D eigenvalue weighted by Crippen LogP contribution is -2.48. The second-order valence-electron chi connectivity index (χ2n) is 9.41. The SMILES string of the molecule is Cc1noc(-c2c(N3CCC(NC4CCOCC4)CC3)nc3c(F)cc([C@@H](C)F)cc3c2C)n1. The highest BCUT2D eigenvalue weighted by Crippen LogP contribution is 2.38. The van der Waals surface area contributed by atoms with Crippen LogP contribution in [0.5, 0.6) is 0 Å². The zero-order valence-corrected chi connectivity index (χ0v) is 19.9. The number of nitrogens with zero attached hydrogens (tertiary/aromatic N) is 4. The van der Waals surface area contributed by atoms with Crippen molar-refractivity contribution >= 4 is 16.7 Å². The summed E-state index contributed by atoms with van der Waals surface area (Å²) in [5.41, 5.74) is 1.97. The highest BCUT2D eigenvalue weighted by molar-refractivity contribution is 5.93. The monoisotopic (exact) mass is 471 g/mol. The minimum absolute atomic E-state index is 0.236. The van der Waals surface area contributed by atoms with Gasteiger partial charge in [0, 0.05) is 43.8 Å². The smallest absolute Gasteiger partial charge is 0.261 e. The van der Waals surface area contributed by atoms with Crippen LogP contribution in [-0.4, -0.2) is 53.5 Å². The highest BCUT2D eigenvalue weighted by atomic mass is 19.1. The minimum atomic E-state index is -1.28. The zero-order chi connectivity index (χ0) is 23.8. The fourth-order valence-electron chi connectivity index (χ4n) is 5.05. The third kappa shape index (κ3) is 4.51. The van der Waals surface area contributed by atoms with Crippen molar-refractivity contribution in [2.75, 3.05) is 31.2 Å². The van der Waals surface area contributed by atoms with Crippen molar-refractivity contribution in [2.24, 2.45) is 0 Å². The maximum Gasteiger partial charge on any atom is 0.261 e. The number of aromatic nitrogens is 3. The van der Waals surface area contributed by atoms with Gasteiger partial charge in [0.2, 0.25) is 0 Å². The second kappa shape index (κ2) is 9.54. The number of nitrogens with one attached hydrogen (secondary N) is 1. The molecule has 34 heavy (non-hydrogen) atoms. The first-order chi connectivity index (χ1) is 16.4. The molecule has 2 fully saturated rings. The van der Waals surface area contributed by atoms with Gasteiger partial charge in [-0.25, -0.2) is 13.8 Å². The van der Waals surface area contributed by atoms with Crippen LogP contribution in [0, 0.1) is 19.7 Å². The standard InChI is InChI=1S/C25H31F2N5O2/c1-14-20-12-17(15(2)26)13-21(27)23(20)30-24(22(14)25-28-16(3)31-34-25)32-8-4-18(5-9-32)29-19-6-10-33-11-7-19/h12-13,15,18-19,29H,4-11H2,1-3H3/t15-/m1/s1. The van der Waals surface area contributed by atoms with E-state index in [0.717, 1.165) is 57.6 Å². The normalized spacial score (nSPS) is 19.1. The quantitative estimate of drug-likeness (QED) is 0.572. The predicted molar refractivity (Wildman–Crippen MR) is 126 cm³/mol. The molecule has 0 unspecified atom stereocenters. The van der Waals surface area contributed by atoms with Crippen molar-refractivity contribution in [3.8, 4) is 11.5 Å². The van der Waals surface area contributed by atoms with Gasteiger partial charge in [-0.1, -0.05) is 5.16 Å². The number of ether oxygens (including phenoxy) is 1. The number of alkyl halides is 1. The molecule has 2 aliphatic heterocycles. The molecule has 1 atom stereocenters. The first-order valence-electron chi connectivity index (χ1n) is 12.1. The summed E-state index contributed by atoms with van der Waals surface area (Å²) in [4.78, 5) is 11.4. The Balaban J connectivity index is 1.50. The molecule has 2 aromatic heterocycles. The van der Waals surface area contributed by atoms with Crippen LogP contribution in [0.15, 0.2) is 16.7 Å². The molecule has 3 aromatic rings. The zero-order valence-electron chi connectivity index (χ0n) is 19.9. The van der Waals surface area contributed by atoms with Gasteiger partial charge in [0.05, 0.1) is 5.56 Å². The Labute approximate surface area is 197 Å². The number of halogens is 2. The van der Waals surface area contributed by atoms with Gasteiger partial charge in [0.25, 0.3) is 5.89 Å². The molecule has 9 heteroatoms. The molecule has 4 heterocycles. The van der Waals surface area contributed by atoms with E-state index in [0.29, 0.717) is 40.6 Å². The predicted octanol–water partition coefficient (Wildman–Crippen LogP) is 4.81. The van der Waals surface area contributed by atoms with Gasteiger partial charge in [0.1, 0.15) is 23.3 Å². The summed E-state index contributed by atoms with van der Waals surface area (Å²) < 4.78 is 40.1. The van der Waals surface area contributed by atoms with Gasteiger partial charge < -0.3 is 19.5 Å². The number of fused-ring (bicyclic) bond motifs is 1. The summed E-state index contributed by atoms with van der Waals surface area (Å²) >= 11 is 0. The van der Waals surface area contributed by atoms with E-state index >= 15 is 4.39 Å². The van der Waals surface area contributed by atoms with Crippen LogP contribution in [0.4, 0.5) is 14.6 Å². The van der Waals surface area contributed by atoms with E-state index in [9.17, 15) is 4.39 Å². The van der Waals surface area contributed by atoms with E-state index in [1.54, 1.807) is 13.0 Å². The fraction of sp³-hybridized carbons (Fsp3) is 0.560. The lowest BCUT2D eigenvalue weighted by molar-refractivity contribution is 0.0738. The molecular weight excluding hydrogens is 440 g/mol. The lowest BCUT2D eigenvalue weighted by Gasteiger charge is -2.37. The fourth-order valence-corrected chi connectivity index (χ4v) is 5.05. The van der Waals surface area contributed by atoms with Crippen molar-refractivity contribution < 1.29 is 18.0 Å². The van der Waals surface area contributed by atoms with E-state index in [-0.39, 0.29) is 11.1 Å². The number of pyridine rings is 1. The highest BCUT2D eigenvalue weighted by Gasteiger charge is 2.29. The molecule has 1 aromatic carbocycles. The van der Waals surface area contributed by atoms with Gasteiger partial charge in [0.15, 0.2) is 5.82 Å². The Morgan fingerprint density at radius 2 is 1.76 bits per heavy atom. The molecule has 0 saturated carbocycles. The molecule has 0 spiro atoms. The Hall–Kier alpha value is -2.65. The van der Waals surface area contributed by atoms with Gasteiger partial charge in [-0.3, -0.25) is 0 Å². The van der Waals surface area contributed by atoms with Crippen molar-refractivity contribution in [1.29, 1.82) is 0 Å². The second-order valence-corrected chi connectivity index (χ2v) is 9.41. The maximum atomic E-state index is 15.1. The van der Waals surface area contributed by atoms with Crippen LogP contribution in [0.3, 0.4) is 0 Å². The number of rotatable bonds is 5. The van der Waals surface area contributed by atoms with Crippen LogP contribution in [-0.2, 0) is 4.74 Å². The average molecular weight is 472 g/mol. The average Bonchev–Trinajstić information content (AvgIpc) is 3.26. The summed E-state index contributed by atoms with van der Waals surface area (Å²) in [5.74, 6) is 0.974. The molecule has 1 N–H and O–H groups in total. The molecular formula is C25H31F2N5O2. The van der Waals surface area contributed by atoms with Crippen LogP contribution >= 0.6 is 0 Å². The van der Waals surface area contributed by atoms with Gasteiger partial charge in [-0.2, -0.15) is 4.98 Å². The van der Waals surface area contributed by atoms with E-state index in [1.807, 2.05) is 6.92 Å². The van der Waals surface area contributed by atoms with E-state index in [4.69, 9.17) is 14.2 Å². The van der Waals surface area contributed by atoms with Crippen LogP contribution in [0.2, 0.25) is 0 Å². The number of benzene rings is 1. The summed E-state index contributed by atoms with van der Waals surface area (Å²) in [6, 6.07) is 3.85.